The molecule has 0 unspecified atom stereocenters. The monoisotopic (exact) mass is 200 g/mol. The van der Waals surface area contributed by atoms with Gasteiger partial charge in [0.05, 0.1) is 0 Å². The Morgan fingerprint density at radius 3 is 2.43 bits per heavy atom. The molecular weight excluding hydrogens is 192 g/mol. The Hall–Kier alpha value is -1.89. The largest absolute Gasteiger partial charge is 0.477 e. The number of nitrogens with one attached hydrogen (secondary N) is 1. The van der Waals surface area contributed by atoms with Crippen molar-refractivity contribution in [2.75, 3.05) is 7.11 Å². The van der Waals surface area contributed by atoms with E-state index in [4.69, 9.17) is 10.2 Å². The molecule has 0 spiro atoms. The van der Waals surface area contributed by atoms with Crippen molar-refractivity contribution >= 4 is 11.9 Å². The number of carboxylic acids is 2. The molecule has 0 radical (unpaired) electrons. The lowest BCUT2D eigenvalue weighted by Gasteiger charge is -1.90. The summed E-state index contributed by atoms with van der Waals surface area (Å²) in [6, 6.07) is 0. The van der Waals surface area contributed by atoms with E-state index in [1.165, 1.54) is 7.11 Å². The lowest BCUT2D eigenvalue weighted by Crippen LogP contribution is -2.07. The molecule has 0 saturated carbocycles. The van der Waals surface area contributed by atoms with Crippen LogP contribution in [0, 0.1) is 0 Å². The Bertz CT molecular complexity index is 339. The number of methoxy groups -OCH3 is 1. The molecule has 0 aliphatic carbocycles. The molecule has 3 N–H and O–H groups in total. The quantitative estimate of drug-likeness (QED) is 0.628. The van der Waals surface area contributed by atoms with Crippen molar-refractivity contribution < 1.29 is 24.5 Å². The first-order valence-corrected chi connectivity index (χ1v) is 3.60. The van der Waals surface area contributed by atoms with E-state index >= 15 is 0 Å². The van der Waals surface area contributed by atoms with E-state index in [1.54, 1.807) is 0 Å². The predicted molar refractivity (Wildman–Crippen MR) is 43.2 cm³/mol. The van der Waals surface area contributed by atoms with Gasteiger partial charge in [-0.15, -0.1) is 0 Å². The number of H-pyrrole nitrogens is 1. The van der Waals surface area contributed by atoms with Crippen molar-refractivity contribution in [2.45, 2.75) is 6.61 Å². The van der Waals surface area contributed by atoms with Gasteiger partial charge in [-0.2, -0.15) is 0 Å². The molecule has 1 heterocycles. The van der Waals surface area contributed by atoms with E-state index in [0.29, 0.717) is 0 Å². The van der Waals surface area contributed by atoms with Gasteiger partial charge in [-0.3, -0.25) is 0 Å². The summed E-state index contributed by atoms with van der Waals surface area (Å²) in [4.78, 5) is 27.0. The summed E-state index contributed by atoms with van der Waals surface area (Å²) in [5.74, 6) is -2.58. The van der Waals surface area contributed by atoms with Crippen LogP contribution in [-0.4, -0.2) is 39.2 Å². The lowest BCUT2D eigenvalue weighted by atomic mass is 10.3. The number of hydrogen-bond acceptors (Lipinski definition) is 4. The minimum atomic E-state index is -1.39. The molecule has 0 atom stereocenters. The summed E-state index contributed by atoms with van der Waals surface area (Å²) in [6.45, 7) is 0.0353. The first-order chi connectivity index (χ1) is 6.56. The van der Waals surface area contributed by atoms with E-state index in [0.717, 1.165) is 0 Å². The van der Waals surface area contributed by atoms with Gasteiger partial charge in [-0.25, -0.2) is 14.6 Å². The van der Waals surface area contributed by atoms with Crippen LogP contribution in [-0.2, 0) is 11.3 Å². The average Bonchev–Trinajstić information content (AvgIpc) is 2.49. The van der Waals surface area contributed by atoms with Crippen LogP contribution >= 0.6 is 0 Å². The highest BCUT2D eigenvalue weighted by molar-refractivity contribution is 5.98. The second-order valence-corrected chi connectivity index (χ2v) is 2.45. The lowest BCUT2D eigenvalue weighted by molar-refractivity contribution is 0.0644. The minimum absolute atomic E-state index is 0.0353. The van der Waals surface area contributed by atoms with Crippen LogP contribution in [0.5, 0.6) is 0 Å². The maximum atomic E-state index is 10.6. The normalized spacial score (nSPS) is 10.1. The molecule has 0 saturated heterocycles. The SMILES string of the molecule is COCc1nc(C(=O)O)c(C(=O)O)[nH]1. The number of carbonyl (C=O) groups is 2. The fourth-order valence-corrected chi connectivity index (χ4v) is 0.937. The van der Waals surface area contributed by atoms with E-state index in [-0.39, 0.29) is 12.4 Å². The Morgan fingerprint density at radius 1 is 1.43 bits per heavy atom. The standard InChI is InChI=1S/C7H8N2O5/c1-14-2-3-8-4(6(10)11)5(9-3)7(12)13/h2H2,1H3,(H,8,9)(H,10,11)(H,12,13). The van der Waals surface area contributed by atoms with Gasteiger partial charge in [0.1, 0.15) is 12.4 Å². The van der Waals surface area contributed by atoms with Gasteiger partial charge in [-0.1, -0.05) is 0 Å². The van der Waals surface area contributed by atoms with Crippen LogP contribution in [0.4, 0.5) is 0 Å². The van der Waals surface area contributed by atoms with Crippen molar-refractivity contribution in [1.29, 1.82) is 0 Å². The second-order valence-electron chi connectivity index (χ2n) is 2.45. The van der Waals surface area contributed by atoms with Crippen molar-refractivity contribution in [3.05, 3.63) is 17.2 Å². The number of aromatic carboxylic acids is 2. The molecule has 14 heavy (non-hydrogen) atoms. The second kappa shape index (κ2) is 3.88. The average molecular weight is 200 g/mol. The Balaban J connectivity index is 3.12. The van der Waals surface area contributed by atoms with Crippen molar-refractivity contribution in [3.63, 3.8) is 0 Å². The summed E-state index contributed by atoms with van der Waals surface area (Å²) in [5.41, 5.74) is -0.950. The van der Waals surface area contributed by atoms with E-state index in [1.807, 2.05) is 0 Å². The smallest absolute Gasteiger partial charge is 0.357 e. The first kappa shape index (κ1) is 10.2. The molecule has 7 heteroatoms. The summed E-state index contributed by atoms with van der Waals surface area (Å²) in [7, 11) is 1.39. The zero-order valence-electron chi connectivity index (χ0n) is 7.27. The third kappa shape index (κ3) is 1.88. The molecule has 0 aromatic carbocycles. The van der Waals surface area contributed by atoms with E-state index < -0.39 is 23.3 Å². The number of aromatic amines is 1. The molecular formula is C7H8N2O5. The van der Waals surface area contributed by atoms with Gasteiger partial charge < -0.3 is 19.9 Å². The van der Waals surface area contributed by atoms with Crippen LogP contribution in [0.25, 0.3) is 0 Å². The zero-order chi connectivity index (χ0) is 10.7. The summed E-state index contributed by atoms with van der Waals surface area (Å²) in [6.07, 6.45) is 0. The zero-order valence-corrected chi connectivity index (χ0v) is 7.27. The fraction of sp³-hybridized carbons (Fsp3) is 0.286. The Morgan fingerprint density at radius 2 is 2.07 bits per heavy atom. The summed E-state index contributed by atoms with van der Waals surface area (Å²) < 4.78 is 4.68. The van der Waals surface area contributed by atoms with Gasteiger partial charge in [-0.05, 0) is 0 Å². The third-order valence-electron chi connectivity index (χ3n) is 1.45. The van der Waals surface area contributed by atoms with Crippen LogP contribution < -0.4 is 0 Å². The van der Waals surface area contributed by atoms with Gasteiger partial charge in [0, 0.05) is 7.11 Å². The van der Waals surface area contributed by atoms with Crippen molar-refractivity contribution in [1.82, 2.24) is 9.97 Å². The molecule has 0 aliphatic rings. The highest BCUT2D eigenvalue weighted by Crippen LogP contribution is 2.07. The minimum Gasteiger partial charge on any atom is -0.477 e. The molecule has 1 rings (SSSR count). The van der Waals surface area contributed by atoms with Crippen LogP contribution in [0.1, 0.15) is 26.8 Å². The van der Waals surface area contributed by atoms with Gasteiger partial charge >= 0.3 is 11.9 Å². The molecule has 1 aromatic heterocycles. The van der Waals surface area contributed by atoms with Crippen molar-refractivity contribution in [2.24, 2.45) is 0 Å². The predicted octanol–water partition coefficient (Wildman–Crippen LogP) is -0.0475. The fourth-order valence-electron chi connectivity index (χ4n) is 0.937. The summed E-state index contributed by atoms with van der Waals surface area (Å²) >= 11 is 0. The first-order valence-electron chi connectivity index (χ1n) is 3.60. The maximum Gasteiger partial charge on any atom is 0.357 e. The molecule has 7 nitrogen and oxygen atoms in total. The molecule has 0 amide bonds. The highest BCUT2D eigenvalue weighted by Gasteiger charge is 2.21. The Kier molecular flexibility index (Phi) is 2.82. The molecule has 0 fully saturated rings. The van der Waals surface area contributed by atoms with E-state index in [2.05, 4.69) is 14.7 Å². The van der Waals surface area contributed by atoms with E-state index in [9.17, 15) is 9.59 Å². The van der Waals surface area contributed by atoms with Crippen molar-refractivity contribution in [3.8, 4) is 0 Å². The molecule has 76 valence electrons. The topological polar surface area (TPSA) is 113 Å². The molecule has 0 bridgehead atoms. The number of hydrogen-bond donors (Lipinski definition) is 3. The number of aromatic nitrogens is 2. The number of ether oxygens (including phenoxy) is 1. The van der Waals surface area contributed by atoms with Crippen LogP contribution in [0.15, 0.2) is 0 Å². The maximum absolute atomic E-state index is 10.6. The summed E-state index contributed by atoms with van der Waals surface area (Å²) in [5, 5.41) is 17.2. The third-order valence-corrected chi connectivity index (χ3v) is 1.45. The molecule has 1 aromatic rings. The molecule has 0 aliphatic heterocycles. The Labute approximate surface area is 78.3 Å². The highest BCUT2D eigenvalue weighted by atomic mass is 16.5. The van der Waals surface area contributed by atoms with Gasteiger partial charge in [0.2, 0.25) is 0 Å². The number of carboxylic acid groups (broad SMARTS) is 2. The van der Waals surface area contributed by atoms with Crippen LogP contribution in [0.2, 0.25) is 0 Å². The number of nitrogens with zero attached hydrogens (tertiary/aromatic N) is 1. The van der Waals surface area contributed by atoms with Gasteiger partial charge in [0.15, 0.2) is 11.4 Å². The number of rotatable bonds is 4. The number of imidazole rings is 1. The van der Waals surface area contributed by atoms with Crippen LogP contribution in [0.3, 0.4) is 0 Å². The van der Waals surface area contributed by atoms with Gasteiger partial charge in [0.25, 0.3) is 0 Å².